The summed E-state index contributed by atoms with van der Waals surface area (Å²) in [6.07, 6.45) is 5.54. The normalized spacial score (nSPS) is 15.6. The summed E-state index contributed by atoms with van der Waals surface area (Å²) < 4.78 is 34.0. The molecular formula is C21H22N4O5S. The third kappa shape index (κ3) is 4.92. The number of hydrogen-bond donors (Lipinski definition) is 2. The van der Waals surface area contributed by atoms with Crippen LogP contribution in [-0.4, -0.2) is 36.5 Å². The maximum Gasteiger partial charge on any atom is 0.266 e. The van der Waals surface area contributed by atoms with Crippen molar-refractivity contribution in [3.05, 3.63) is 71.1 Å². The first-order valence-electron chi connectivity index (χ1n) is 9.43. The summed E-state index contributed by atoms with van der Waals surface area (Å²) in [5, 5.41) is 7.15. The highest BCUT2D eigenvalue weighted by Crippen LogP contribution is 2.33. The van der Waals surface area contributed by atoms with Crippen molar-refractivity contribution >= 4 is 33.1 Å². The summed E-state index contributed by atoms with van der Waals surface area (Å²) in [5.74, 6) is -0.553. The monoisotopic (exact) mass is 442 g/mol. The number of hydrogen-bond acceptors (Lipinski definition) is 7. The highest BCUT2D eigenvalue weighted by Gasteiger charge is 2.32. The quantitative estimate of drug-likeness (QED) is 0.632. The maximum atomic E-state index is 12.8. The lowest BCUT2D eigenvalue weighted by molar-refractivity contribution is -0.117. The first-order chi connectivity index (χ1) is 14.7. The summed E-state index contributed by atoms with van der Waals surface area (Å²) >= 11 is 0. The number of nitrogens with zero attached hydrogens (tertiary/aromatic N) is 2. The van der Waals surface area contributed by atoms with Crippen molar-refractivity contribution in [2.75, 3.05) is 11.9 Å². The van der Waals surface area contributed by atoms with E-state index in [1.807, 2.05) is 11.6 Å². The molecule has 1 aromatic carbocycles. The molecule has 2 aromatic rings. The Morgan fingerprint density at radius 2 is 1.97 bits per heavy atom. The number of carbonyl (C=O) groups is 2. The molecule has 3 rings (SSSR count). The number of aromatic nitrogens is 2. The van der Waals surface area contributed by atoms with Crippen molar-refractivity contribution in [2.24, 2.45) is 0 Å². The summed E-state index contributed by atoms with van der Waals surface area (Å²) in [6, 6.07) is 8.81. The van der Waals surface area contributed by atoms with Crippen LogP contribution in [-0.2, 0) is 19.6 Å². The van der Waals surface area contributed by atoms with Gasteiger partial charge in [0.2, 0.25) is 5.91 Å². The van der Waals surface area contributed by atoms with Crippen LogP contribution in [0.2, 0.25) is 0 Å². The van der Waals surface area contributed by atoms with Gasteiger partial charge in [0.05, 0.1) is 12.3 Å². The third-order valence-corrected chi connectivity index (χ3v) is 5.82. The van der Waals surface area contributed by atoms with Gasteiger partial charge in [-0.25, -0.2) is 17.8 Å². The van der Waals surface area contributed by atoms with E-state index >= 15 is 0 Å². The van der Waals surface area contributed by atoms with Crippen LogP contribution in [0.1, 0.15) is 20.8 Å². The highest BCUT2D eigenvalue weighted by molar-refractivity contribution is 7.94. The Bertz CT molecular complexity index is 1190. The topological polar surface area (TPSA) is 119 Å². The van der Waals surface area contributed by atoms with Gasteiger partial charge in [-0.05, 0) is 49.8 Å². The van der Waals surface area contributed by atoms with Crippen LogP contribution in [0.25, 0.3) is 5.70 Å². The minimum absolute atomic E-state index is 0.179. The zero-order valence-electron chi connectivity index (χ0n) is 17.2. The van der Waals surface area contributed by atoms with Crippen molar-refractivity contribution in [3.63, 3.8) is 0 Å². The van der Waals surface area contributed by atoms with Gasteiger partial charge in [0.25, 0.3) is 10.0 Å². The van der Waals surface area contributed by atoms with Crippen LogP contribution in [0.15, 0.2) is 71.1 Å². The molecule has 0 spiro atoms. The molecule has 10 heteroatoms. The molecule has 31 heavy (non-hydrogen) atoms. The van der Waals surface area contributed by atoms with Crippen LogP contribution >= 0.6 is 0 Å². The molecule has 162 valence electrons. The van der Waals surface area contributed by atoms with Crippen molar-refractivity contribution in [1.29, 1.82) is 0 Å². The minimum atomic E-state index is -4.26. The number of rotatable bonds is 7. The predicted molar refractivity (Wildman–Crippen MR) is 116 cm³/mol. The number of ether oxygens (including phenoxy) is 1. The van der Waals surface area contributed by atoms with Gasteiger partial charge in [0.15, 0.2) is 5.78 Å². The Hall–Kier alpha value is -3.66. The fourth-order valence-corrected chi connectivity index (χ4v) is 4.30. The lowest BCUT2D eigenvalue weighted by atomic mass is 9.96. The van der Waals surface area contributed by atoms with E-state index in [2.05, 4.69) is 10.4 Å². The zero-order valence-corrected chi connectivity index (χ0v) is 18.1. The number of sulfonamides is 1. The number of amides is 1. The van der Waals surface area contributed by atoms with Gasteiger partial charge >= 0.3 is 0 Å². The molecule has 0 aliphatic heterocycles. The minimum Gasteiger partial charge on any atom is -0.494 e. The van der Waals surface area contributed by atoms with E-state index in [1.54, 1.807) is 43.5 Å². The molecule has 0 fully saturated rings. The third-order valence-electron chi connectivity index (χ3n) is 4.37. The van der Waals surface area contributed by atoms with Crippen LogP contribution in [0.4, 0.5) is 5.69 Å². The van der Waals surface area contributed by atoms with Crippen molar-refractivity contribution < 1.29 is 22.7 Å². The number of anilines is 1. The van der Waals surface area contributed by atoms with Crippen molar-refractivity contribution in [1.82, 2.24) is 14.5 Å². The summed E-state index contributed by atoms with van der Waals surface area (Å²) in [4.78, 5) is 23.8. The Labute approximate surface area is 180 Å². The zero-order chi connectivity index (χ0) is 22.6. The number of carbonyl (C=O) groups excluding carboxylic acids is 2. The first-order valence-corrected chi connectivity index (χ1v) is 10.9. The molecule has 9 nitrogen and oxygen atoms in total. The van der Waals surface area contributed by atoms with Gasteiger partial charge < -0.3 is 10.1 Å². The van der Waals surface area contributed by atoms with Crippen LogP contribution in [0.5, 0.6) is 5.75 Å². The fraction of sp³-hybridized carbons (Fsp3) is 0.190. The Morgan fingerprint density at radius 3 is 2.55 bits per heavy atom. The standard InChI is InChI=1S/C21H22N4O5S/c1-4-30-17-8-6-16(7-9-17)22-13-18-14(2)21(25-11-5-10-23-25)20(12-19(18)27)31(28,29)24-15(3)26/h5-13,22H,4H2,1-3H3,(H,24,26). The van der Waals surface area contributed by atoms with E-state index in [9.17, 15) is 18.0 Å². The molecule has 1 aliphatic rings. The fourth-order valence-electron chi connectivity index (χ4n) is 3.05. The summed E-state index contributed by atoms with van der Waals surface area (Å²) in [7, 11) is -4.26. The second-order valence-electron chi connectivity index (χ2n) is 6.62. The van der Waals surface area contributed by atoms with E-state index in [0.29, 0.717) is 12.2 Å². The highest BCUT2D eigenvalue weighted by atomic mass is 32.2. The van der Waals surface area contributed by atoms with Gasteiger partial charge in [0, 0.05) is 42.9 Å². The molecule has 0 radical (unpaired) electrons. The molecule has 0 bridgehead atoms. The second kappa shape index (κ2) is 9.00. The van der Waals surface area contributed by atoms with E-state index in [1.165, 1.54) is 17.1 Å². The molecule has 0 saturated heterocycles. The van der Waals surface area contributed by atoms with E-state index in [4.69, 9.17) is 4.74 Å². The Kier molecular flexibility index (Phi) is 6.40. The Balaban J connectivity index is 2.01. The van der Waals surface area contributed by atoms with Crippen LogP contribution < -0.4 is 14.8 Å². The molecule has 0 atom stereocenters. The van der Waals surface area contributed by atoms with E-state index in [0.717, 1.165) is 24.4 Å². The smallest absolute Gasteiger partial charge is 0.266 e. The molecule has 1 aliphatic carbocycles. The Morgan fingerprint density at radius 1 is 1.26 bits per heavy atom. The molecule has 2 N–H and O–H groups in total. The summed E-state index contributed by atoms with van der Waals surface area (Å²) in [5.41, 5.74) is 1.55. The first kappa shape index (κ1) is 22.0. The van der Waals surface area contributed by atoms with E-state index < -0.39 is 21.7 Å². The maximum absolute atomic E-state index is 12.8. The number of benzene rings is 1. The number of nitrogens with one attached hydrogen (secondary N) is 2. The largest absolute Gasteiger partial charge is 0.494 e. The molecule has 1 aromatic heterocycles. The van der Waals surface area contributed by atoms with Crippen LogP contribution in [0.3, 0.4) is 0 Å². The van der Waals surface area contributed by atoms with Crippen molar-refractivity contribution in [2.45, 2.75) is 20.8 Å². The number of ketones is 1. The van der Waals surface area contributed by atoms with Gasteiger partial charge in [-0.1, -0.05) is 0 Å². The van der Waals surface area contributed by atoms with E-state index in [-0.39, 0.29) is 16.2 Å². The van der Waals surface area contributed by atoms with Crippen molar-refractivity contribution in [3.8, 4) is 5.75 Å². The molecule has 0 unspecified atom stereocenters. The second-order valence-corrected chi connectivity index (χ2v) is 8.27. The van der Waals surface area contributed by atoms with Crippen LogP contribution in [0, 0.1) is 0 Å². The average molecular weight is 442 g/mol. The number of allylic oxidation sites excluding steroid dienone is 4. The van der Waals surface area contributed by atoms with Gasteiger partial charge in [-0.3, -0.25) is 9.59 Å². The molecule has 0 saturated carbocycles. The van der Waals surface area contributed by atoms with Gasteiger partial charge in [0.1, 0.15) is 10.7 Å². The average Bonchev–Trinajstić information content (AvgIpc) is 3.22. The predicted octanol–water partition coefficient (Wildman–Crippen LogP) is 2.44. The lowest BCUT2D eigenvalue weighted by Gasteiger charge is -2.21. The van der Waals surface area contributed by atoms with Gasteiger partial charge in [-0.15, -0.1) is 0 Å². The SMILES string of the molecule is CCOc1ccc(NC=C2C(=O)C=C(S(=O)(=O)NC(C)=O)C(n3cccn3)=C2C)cc1. The molecule has 1 heterocycles. The molecule has 1 amide bonds. The molecular weight excluding hydrogens is 420 g/mol. The summed E-state index contributed by atoms with van der Waals surface area (Å²) in [6.45, 7) is 5.16. The van der Waals surface area contributed by atoms with Gasteiger partial charge in [-0.2, -0.15) is 5.10 Å². The lowest BCUT2D eigenvalue weighted by Crippen LogP contribution is -2.32.